The van der Waals surface area contributed by atoms with Crippen LogP contribution in [0.3, 0.4) is 0 Å². The van der Waals surface area contributed by atoms with E-state index in [-0.39, 0.29) is 17.7 Å². The van der Waals surface area contributed by atoms with Crippen molar-refractivity contribution in [1.82, 2.24) is 15.0 Å². The van der Waals surface area contributed by atoms with E-state index >= 15 is 0 Å². The van der Waals surface area contributed by atoms with Crippen molar-refractivity contribution in [3.05, 3.63) is 35.5 Å². The van der Waals surface area contributed by atoms with Crippen LogP contribution in [0.4, 0.5) is 5.69 Å². The number of carbonyl (C=O) groups is 2. The monoisotopic (exact) mass is 344 g/mol. The Bertz CT molecular complexity index is 819. The number of aromatic nitrogens is 2. The van der Waals surface area contributed by atoms with Gasteiger partial charge in [0.1, 0.15) is 0 Å². The zero-order valence-corrected chi connectivity index (χ0v) is 13.9. The molecule has 8 heteroatoms. The number of carbonyl (C=O) groups excluding carboxylic acids is 2. The van der Waals surface area contributed by atoms with Crippen molar-refractivity contribution in [2.24, 2.45) is 0 Å². The zero-order chi connectivity index (χ0) is 16.7. The maximum absolute atomic E-state index is 12.7. The number of nitrogens with zero attached hydrogens (tertiary/aromatic N) is 3. The molecule has 1 unspecified atom stereocenters. The maximum atomic E-state index is 12.7. The molecule has 1 atom stereocenters. The van der Waals surface area contributed by atoms with E-state index in [4.69, 9.17) is 4.52 Å². The van der Waals surface area contributed by atoms with Gasteiger partial charge >= 0.3 is 0 Å². The molecule has 24 heavy (non-hydrogen) atoms. The molecule has 2 aliphatic rings. The van der Waals surface area contributed by atoms with Gasteiger partial charge in [-0.15, -0.1) is 11.8 Å². The number of hydrogen-bond donors (Lipinski definition) is 1. The van der Waals surface area contributed by atoms with E-state index in [1.165, 1.54) is 11.8 Å². The summed E-state index contributed by atoms with van der Waals surface area (Å²) < 4.78 is 5.22. The summed E-state index contributed by atoms with van der Waals surface area (Å²) in [5.74, 6) is 1.63. The molecule has 4 rings (SSSR count). The topological polar surface area (TPSA) is 88.3 Å². The summed E-state index contributed by atoms with van der Waals surface area (Å²) in [6.07, 6.45) is 0.810. The Hall–Kier alpha value is -2.35. The molecule has 3 heterocycles. The van der Waals surface area contributed by atoms with Gasteiger partial charge in [-0.05, 0) is 31.5 Å². The average molecular weight is 344 g/mol. The van der Waals surface area contributed by atoms with Crippen LogP contribution in [0.25, 0.3) is 0 Å². The lowest BCUT2D eigenvalue weighted by Gasteiger charge is -2.19. The minimum atomic E-state index is -0.0404. The SMILES string of the molecule is Cc1noc(C2CCN(C(=O)c3ccc4c(c3)NC(=O)CS4)C2)n1. The lowest BCUT2D eigenvalue weighted by molar-refractivity contribution is -0.113. The fourth-order valence-electron chi connectivity index (χ4n) is 3.02. The van der Waals surface area contributed by atoms with E-state index in [1.54, 1.807) is 17.9 Å². The van der Waals surface area contributed by atoms with Gasteiger partial charge in [-0.2, -0.15) is 4.98 Å². The van der Waals surface area contributed by atoms with Gasteiger partial charge in [0, 0.05) is 23.5 Å². The normalized spacial score (nSPS) is 20.0. The predicted octanol–water partition coefficient (Wildman–Crippen LogP) is 2.05. The minimum absolute atomic E-state index is 0.0369. The molecule has 7 nitrogen and oxygen atoms in total. The van der Waals surface area contributed by atoms with E-state index in [0.29, 0.717) is 41.8 Å². The van der Waals surface area contributed by atoms with Crippen molar-refractivity contribution in [2.75, 3.05) is 24.2 Å². The van der Waals surface area contributed by atoms with Crippen LogP contribution < -0.4 is 5.32 Å². The van der Waals surface area contributed by atoms with Crippen molar-refractivity contribution >= 4 is 29.3 Å². The summed E-state index contributed by atoms with van der Waals surface area (Å²) in [6, 6.07) is 5.46. The highest BCUT2D eigenvalue weighted by Gasteiger charge is 2.31. The third-order valence-electron chi connectivity index (χ3n) is 4.23. The number of nitrogens with one attached hydrogen (secondary N) is 1. The first-order valence-electron chi connectivity index (χ1n) is 7.76. The van der Waals surface area contributed by atoms with E-state index in [0.717, 1.165) is 11.3 Å². The van der Waals surface area contributed by atoms with Crippen molar-refractivity contribution in [1.29, 1.82) is 0 Å². The van der Waals surface area contributed by atoms with Gasteiger partial charge in [-0.25, -0.2) is 0 Å². The highest BCUT2D eigenvalue weighted by atomic mass is 32.2. The van der Waals surface area contributed by atoms with E-state index < -0.39 is 0 Å². The van der Waals surface area contributed by atoms with Gasteiger partial charge in [0.05, 0.1) is 17.4 Å². The molecule has 0 spiro atoms. The van der Waals surface area contributed by atoms with Crippen LogP contribution in [0.15, 0.2) is 27.6 Å². The van der Waals surface area contributed by atoms with Crippen molar-refractivity contribution in [3.63, 3.8) is 0 Å². The first-order chi connectivity index (χ1) is 11.6. The summed E-state index contributed by atoms with van der Waals surface area (Å²) in [7, 11) is 0. The fraction of sp³-hybridized carbons (Fsp3) is 0.375. The average Bonchev–Trinajstić information content (AvgIpc) is 3.22. The summed E-state index contributed by atoms with van der Waals surface area (Å²) in [5, 5.41) is 6.63. The Balaban J connectivity index is 1.50. The third-order valence-corrected chi connectivity index (χ3v) is 5.30. The molecule has 1 aromatic carbocycles. The van der Waals surface area contributed by atoms with Crippen molar-refractivity contribution in [3.8, 4) is 0 Å². The van der Waals surface area contributed by atoms with Gasteiger partial charge in [-0.3, -0.25) is 9.59 Å². The van der Waals surface area contributed by atoms with Crippen molar-refractivity contribution < 1.29 is 14.1 Å². The molecule has 2 aliphatic heterocycles. The maximum Gasteiger partial charge on any atom is 0.253 e. The second-order valence-corrected chi connectivity index (χ2v) is 6.98. The van der Waals surface area contributed by atoms with Gasteiger partial charge in [0.25, 0.3) is 5.91 Å². The molecule has 2 amide bonds. The number of amides is 2. The zero-order valence-electron chi connectivity index (χ0n) is 13.1. The molecule has 124 valence electrons. The van der Waals surface area contributed by atoms with Crippen LogP contribution >= 0.6 is 11.8 Å². The molecule has 0 saturated carbocycles. The van der Waals surface area contributed by atoms with Crippen LogP contribution in [0, 0.1) is 6.92 Å². The van der Waals surface area contributed by atoms with Crippen molar-refractivity contribution in [2.45, 2.75) is 24.2 Å². The Morgan fingerprint density at radius 1 is 1.46 bits per heavy atom. The largest absolute Gasteiger partial charge is 0.339 e. The number of thioether (sulfide) groups is 1. The van der Waals surface area contributed by atoms with Gasteiger partial charge in [0.2, 0.25) is 11.8 Å². The molecule has 2 aromatic rings. The first kappa shape index (κ1) is 15.2. The Morgan fingerprint density at radius 3 is 3.12 bits per heavy atom. The smallest absolute Gasteiger partial charge is 0.253 e. The Kier molecular flexibility index (Phi) is 3.76. The Labute approximate surface area is 142 Å². The fourth-order valence-corrected chi connectivity index (χ4v) is 3.81. The Morgan fingerprint density at radius 2 is 2.33 bits per heavy atom. The predicted molar refractivity (Wildman–Crippen MR) is 88.1 cm³/mol. The second-order valence-electron chi connectivity index (χ2n) is 5.96. The summed E-state index contributed by atoms with van der Waals surface area (Å²) in [4.78, 5) is 31.3. The second kappa shape index (κ2) is 5.94. The van der Waals surface area contributed by atoms with E-state index in [1.807, 2.05) is 12.1 Å². The number of benzene rings is 1. The molecule has 0 aliphatic carbocycles. The van der Waals surface area contributed by atoms with Gasteiger partial charge < -0.3 is 14.7 Å². The van der Waals surface area contributed by atoms with Gasteiger partial charge in [0.15, 0.2) is 5.82 Å². The van der Waals surface area contributed by atoms with E-state index in [9.17, 15) is 9.59 Å². The molecule has 0 radical (unpaired) electrons. The first-order valence-corrected chi connectivity index (χ1v) is 8.75. The van der Waals surface area contributed by atoms with Crippen LogP contribution in [0.2, 0.25) is 0 Å². The molecule has 1 N–H and O–H groups in total. The highest BCUT2D eigenvalue weighted by molar-refractivity contribution is 8.00. The number of fused-ring (bicyclic) bond motifs is 1. The van der Waals surface area contributed by atoms with Crippen LogP contribution in [0.1, 0.15) is 34.4 Å². The summed E-state index contributed by atoms with van der Waals surface area (Å²) in [6.45, 7) is 3.01. The van der Waals surface area contributed by atoms with Crippen LogP contribution in [-0.2, 0) is 4.79 Å². The number of anilines is 1. The quantitative estimate of drug-likeness (QED) is 0.897. The molecule has 0 bridgehead atoms. The van der Waals surface area contributed by atoms with Crippen LogP contribution in [-0.4, -0.2) is 45.7 Å². The van der Waals surface area contributed by atoms with E-state index in [2.05, 4.69) is 15.5 Å². The lowest BCUT2D eigenvalue weighted by Crippen LogP contribution is -2.29. The minimum Gasteiger partial charge on any atom is -0.339 e. The summed E-state index contributed by atoms with van der Waals surface area (Å²) >= 11 is 1.48. The van der Waals surface area contributed by atoms with Crippen LogP contribution in [0.5, 0.6) is 0 Å². The number of rotatable bonds is 2. The summed E-state index contributed by atoms with van der Waals surface area (Å²) in [5.41, 5.74) is 1.30. The highest BCUT2D eigenvalue weighted by Crippen LogP contribution is 2.33. The van der Waals surface area contributed by atoms with Gasteiger partial charge in [-0.1, -0.05) is 5.16 Å². The standard InChI is InChI=1S/C16H16N4O3S/c1-9-17-15(23-19-9)11-4-5-20(7-11)16(22)10-2-3-13-12(6-10)18-14(21)8-24-13/h2-3,6,11H,4-5,7-8H2,1H3,(H,18,21). The molecular formula is C16H16N4O3S. The molecule has 1 aromatic heterocycles. The number of hydrogen-bond acceptors (Lipinski definition) is 6. The number of likely N-dealkylation sites (tertiary alicyclic amines) is 1. The lowest BCUT2D eigenvalue weighted by atomic mass is 10.1. The molecule has 1 fully saturated rings. The third kappa shape index (κ3) is 2.77. The molecule has 1 saturated heterocycles. The molecular weight excluding hydrogens is 328 g/mol. The number of aryl methyl sites for hydroxylation is 1.